The highest BCUT2D eigenvalue weighted by atomic mass is 32.2. The number of hydrogen-bond acceptors (Lipinski definition) is 6. The number of halogens is 1. The van der Waals surface area contributed by atoms with Crippen LogP contribution in [0.4, 0.5) is 10.1 Å². The Morgan fingerprint density at radius 1 is 1.29 bits per heavy atom. The molecule has 0 radical (unpaired) electrons. The molecule has 3 atom stereocenters. The van der Waals surface area contributed by atoms with Crippen LogP contribution >= 0.6 is 11.8 Å². The van der Waals surface area contributed by atoms with Gasteiger partial charge in [0.2, 0.25) is 11.8 Å². The number of amides is 2. The first-order chi connectivity index (χ1) is 14.9. The zero-order chi connectivity index (χ0) is 22.0. The number of hydrazone groups is 1. The molecule has 3 aliphatic rings. The van der Waals surface area contributed by atoms with Gasteiger partial charge in [0.05, 0.1) is 11.7 Å². The maximum atomic E-state index is 13.2. The van der Waals surface area contributed by atoms with Crippen LogP contribution in [-0.4, -0.2) is 51.4 Å². The highest BCUT2D eigenvalue weighted by Crippen LogP contribution is 2.39. The van der Waals surface area contributed by atoms with E-state index < -0.39 is 0 Å². The summed E-state index contributed by atoms with van der Waals surface area (Å²) in [5.74, 6) is 0.418. The van der Waals surface area contributed by atoms with E-state index in [0.29, 0.717) is 18.2 Å². The normalized spacial score (nSPS) is 25.1. The number of carbonyl (C=O) groups excluding carboxylic acids is 2. The number of anilines is 1. The molecule has 2 N–H and O–H groups in total. The number of rotatable bonds is 6. The van der Waals surface area contributed by atoms with Gasteiger partial charge in [-0.1, -0.05) is 38.5 Å². The molecule has 4 rings (SSSR count). The summed E-state index contributed by atoms with van der Waals surface area (Å²) >= 11 is 1.37. The zero-order valence-electron chi connectivity index (χ0n) is 18.0. The van der Waals surface area contributed by atoms with Gasteiger partial charge in [-0.3, -0.25) is 15.0 Å². The van der Waals surface area contributed by atoms with E-state index in [2.05, 4.69) is 34.6 Å². The molecule has 31 heavy (non-hydrogen) atoms. The third-order valence-electron chi connectivity index (χ3n) is 6.15. The van der Waals surface area contributed by atoms with Crippen molar-refractivity contribution >= 4 is 34.4 Å². The van der Waals surface area contributed by atoms with Crippen molar-refractivity contribution in [3.05, 3.63) is 30.1 Å². The number of hydrogen-bond donors (Lipinski definition) is 2. The van der Waals surface area contributed by atoms with Gasteiger partial charge in [-0.15, -0.1) is 0 Å². The predicted molar refractivity (Wildman–Crippen MR) is 121 cm³/mol. The molecular weight excluding hydrogens is 417 g/mol. The second kappa shape index (κ2) is 9.46. The molecule has 2 aliphatic heterocycles. The van der Waals surface area contributed by atoms with Crippen LogP contribution in [0.5, 0.6) is 0 Å². The monoisotopic (exact) mass is 447 g/mol. The lowest BCUT2D eigenvalue weighted by Gasteiger charge is -2.50. The average Bonchev–Trinajstić information content (AvgIpc) is 3.17. The number of fused-ring (bicyclic) bond motifs is 3. The minimum absolute atomic E-state index is 0.00379. The van der Waals surface area contributed by atoms with E-state index in [1.165, 1.54) is 36.0 Å². The second-order valence-electron chi connectivity index (χ2n) is 8.82. The zero-order valence-corrected chi connectivity index (χ0v) is 18.8. The molecule has 9 heteroatoms. The molecule has 1 aliphatic carbocycles. The minimum atomic E-state index is -0.339. The lowest BCUT2D eigenvalue weighted by molar-refractivity contribution is -0.155. The van der Waals surface area contributed by atoms with E-state index >= 15 is 0 Å². The minimum Gasteiger partial charge on any atom is -0.325 e. The average molecular weight is 448 g/mol. The van der Waals surface area contributed by atoms with Crippen LogP contribution in [0.2, 0.25) is 0 Å². The highest BCUT2D eigenvalue weighted by molar-refractivity contribution is 8.14. The first-order valence-corrected chi connectivity index (χ1v) is 12.0. The topological polar surface area (TPSA) is 77.0 Å². The summed E-state index contributed by atoms with van der Waals surface area (Å²) in [5, 5.41) is 8.05. The van der Waals surface area contributed by atoms with Gasteiger partial charge in [0, 0.05) is 18.3 Å². The summed E-state index contributed by atoms with van der Waals surface area (Å²) in [6, 6.07) is 5.84. The summed E-state index contributed by atoms with van der Waals surface area (Å²) in [7, 11) is 0. The molecule has 168 valence electrons. The molecule has 2 amide bonds. The molecule has 2 heterocycles. The van der Waals surface area contributed by atoms with Crippen molar-refractivity contribution in [2.75, 3.05) is 17.6 Å². The van der Waals surface area contributed by atoms with E-state index in [4.69, 9.17) is 0 Å². The molecule has 3 unspecified atom stereocenters. The first-order valence-electron chi connectivity index (χ1n) is 11.0. The summed E-state index contributed by atoms with van der Waals surface area (Å²) in [6.07, 6.45) is 4.73. The van der Waals surface area contributed by atoms with E-state index in [1.807, 2.05) is 4.90 Å². The Balaban J connectivity index is 1.42. The van der Waals surface area contributed by atoms with E-state index in [-0.39, 0.29) is 41.6 Å². The molecule has 0 spiro atoms. The van der Waals surface area contributed by atoms with E-state index in [0.717, 1.165) is 37.3 Å². The molecule has 1 aromatic rings. The third-order valence-corrected chi connectivity index (χ3v) is 7.12. The molecule has 0 aromatic heterocycles. The van der Waals surface area contributed by atoms with Crippen LogP contribution in [0.3, 0.4) is 0 Å². The van der Waals surface area contributed by atoms with Crippen molar-refractivity contribution in [1.29, 1.82) is 0 Å². The summed E-state index contributed by atoms with van der Waals surface area (Å²) in [5.41, 5.74) is 3.71. The lowest BCUT2D eigenvalue weighted by atomic mass is 9.81. The number of nitrogens with zero attached hydrogens (tertiary/aromatic N) is 3. The first kappa shape index (κ1) is 21.9. The van der Waals surface area contributed by atoms with Gasteiger partial charge >= 0.3 is 0 Å². The van der Waals surface area contributed by atoms with Gasteiger partial charge in [0.15, 0.2) is 11.5 Å². The largest absolute Gasteiger partial charge is 0.325 e. The summed E-state index contributed by atoms with van der Waals surface area (Å²) in [4.78, 5) is 29.8. The number of amidine groups is 1. The Morgan fingerprint density at radius 2 is 2.03 bits per heavy atom. The fourth-order valence-corrected chi connectivity index (χ4v) is 5.38. The number of benzene rings is 1. The van der Waals surface area contributed by atoms with Crippen molar-refractivity contribution in [3.63, 3.8) is 0 Å². The SMILES string of the molecule is CC(C)CCN1C(=O)C2CCCCC2N2C(SCC(=O)Nc3ccc(F)cc3)=NNC12. The van der Waals surface area contributed by atoms with Crippen LogP contribution in [0.1, 0.15) is 46.0 Å². The van der Waals surface area contributed by atoms with Crippen LogP contribution < -0.4 is 10.7 Å². The van der Waals surface area contributed by atoms with Gasteiger partial charge in [0.25, 0.3) is 0 Å². The Kier molecular flexibility index (Phi) is 6.69. The van der Waals surface area contributed by atoms with E-state index in [9.17, 15) is 14.0 Å². The van der Waals surface area contributed by atoms with Gasteiger partial charge in [0.1, 0.15) is 5.82 Å². The van der Waals surface area contributed by atoms with Crippen LogP contribution in [-0.2, 0) is 9.59 Å². The van der Waals surface area contributed by atoms with Gasteiger partial charge in [-0.2, -0.15) is 5.10 Å². The standard InChI is InChI=1S/C22H30FN5O2S/c1-14(2)11-12-27-20(30)17-5-3-4-6-18(17)28-21(27)25-26-22(28)31-13-19(29)24-16-9-7-15(23)8-10-16/h7-10,14,17-18,21,25H,3-6,11-13H2,1-2H3,(H,24,29). The molecular formula is C22H30FN5O2S. The van der Waals surface area contributed by atoms with Crippen molar-refractivity contribution in [1.82, 2.24) is 15.2 Å². The van der Waals surface area contributed by atoms with E-state index in [1.54, 1.807) is 0 Å². The van der Waals surface area contributed by atoms with Gasteiger partial charge in [-0.25, -0.2) is 4.39 Å². The highest BCUT2D eigenvalue weighted by Gasteiger charge is 2.50. The van der Waals surface area contributed by atoms with Gasteiger partial charge in [-0.05, 0) is 49.4 Å². The fourth-order valence-electron chi connectivity index (χ4n) is 4.54. The number of carbonyl (C=O) groups is 2. The molecule has 0 bridgehead atoms. The molecule has 2 fully saturated rings. The smallest absolute Gasteiger partial charge is 0.234 e. The Morgan fingerprint density at radius 3 is 2.77 bits per heavy atom. The van der Waals surface area contributed by atoms with Crippen molar-refractivity contribution in [2.45, 2.75) is 58.3 Å². The quantitative estimate of drug-likeness (QED) is 0.699. The molecule has 1 aromatic carbocycles. The van der Waals surface area contributed by atoms with Crippen LogP contribution in [0.15, 0.2) is 29.4 Å². The fraction of sp³-hybridized carbons (Fsp3) is 0.591. The summed E-state index contributed by atoms with van der Waals surface area (Å²) < 4.78 is 13.1. The van der Waals surface area contributed by atoms with Crippen molar-refractivity contribution in [3.8, 4) is 0 Å². The Bertz CT molecular complexity index is 847. The molecule has 7 nitrogen and oxygen atoms in total. The van der Waals surface area contributed by atoms with Crippen LogP contribution in [0, 0.1) is 17.7 Å². The second-order valence-corrected chi connectivity index (χ2v) is 9.76. The Hall–Kier alpha value is -2.29. The number of thioether (sulfide) groups is 1. The van der Waals surface area contributed by atoms with Gasteiger partial charge < -0.3 is 15.1 Å². The van der Waals surface area contributed by atoms with Crippen molar-refractivity contribution < 1.29 is 14.0 Å². The lowest BCUT2D eigenvalue weighted by Crippen LogP contribution is -2.67. The van der Waals surface area contributed by atoms with Crippen molar-refractivity contribution in [2.24, 2.45) is 16.9 Å². The Labute approximate surface area is 186 Å². The summed E-state index contributed by atoms with van der Waals surface area (Å²) in [6.45, 7) is 5.02. The van der Waals surface area contributed by atoms with Crippen LogP contribution in [0.25, 0.3) is 0 Å². The maximum absolute atomic E-state index is 13.2. The molecule has 1 saturated heterocycles. The number of nitrogens with one attached hydrogen (secondary N) is 2. The third kappa shape index (κ3) is 4.81. The maximum Gasteiger partial charge on any atom is 0.234 e. The predicted octanol–water partition coefficient (Wildman–Crippen LogP) is 3.40. The molecule has 1 saturated carbocycles.